The first-order valence-corrected chi connectivity index (χ1v) is 7.18. The number of ether oxygens (including phenoxy) is 1. The maximum Gasteiger partial charge on any atom is 0.249 e. The van der Waals surface area contributed by atoms with Gasteiger partial charge in [-0.3, -0.25) is 0 Å². The van der Waals surface area contributed by atoms with Crippen LogP contribution in [0.25, 0.3) is 0 Å². The minimum Gasteiger partial charge on any atom is -0.437 e. The molecule has 0 aliphatic rings. The lowest BCUT2D eigenvalue weighted by Gasteiger charge is -2.13. The molecule has 0 aliphatic heterocycles. The molecule has 0 saturated heterocycles. The van der Waals surface area contributed by atoms with Crippen molar-refractivity contribution >= 4 is 33.1 Å². The van der Waals surface area contributed by atoms with Gasteiger partial charge in [0.1, 0.15) is 10.7 Å². The molecule has 104 valence electrons. The number of aromatic nitrogens is 2. The monoisotopic (exact) mass is 351 g/mol. The largest absolute Gasteiger partial charge is 0.437 e. The summed E-state index contributed by atoms with van der Waals surface area (Å²) < 4.78 is 6.77. The molecule has 0 fully saturated rings. The van der Waals surface area contributed by atoms with Crippen LogP contribution in [0.3, 0.4) is 0 Å². The van der Waals surface area contributed by atoms with Crippen molar-refractivity contribution in [2.24, 2.45) is 5.73 Å². The maximum atomic E-state index is 5.85. The van der Waals surface area contributed by atoms with Gasteiger partial charge in [-0.15, -0.1) is 5.10 Å². The van der Waals surface area contributed by atoms with Crippen LogP contribution in [0.15, 0.2) is 22.7 Å². The number of nitrogens with two attached hydrogens (primary N) is 1. The SMILES string of the molecule is Cc1ccc(Br)cc1Oc1nnc(C)c(C)c1C(N)=S. The van der Waals surface area contributed by atoms with Crippen LogP contribution in [0.4, 0.5) is 0 Å². The Balaban J connectivity index is 2.51. The fourth-order valence-corrected chi connectivity index (χ4v) is 2.32. The van der Waals surface area contributed by atoms with E-state index in [1.54, 1.807) is 0 Å². The number of nitrogens with zero attached hydrogens (tertiary/aromatic N) is 2. The Labute approximate surface area is 131 Å². The first-order chi connectivity index (χ1) is 9.40. The third-order valence-corrected chi connectivity index (χ3v) is 3.72. The van der Waals surface area contributed by atoms with Gasteiger partial charge in [-0.25, -0.2) is 0 Å². The Morgan fingerprint density at radius 1 is 1.25 bits per heavy atom. The van der Waals surface area contributed by atoms with Crippen LogP contribution >= 0.6 is 28.1 Å². The minimum absolute atomic E-state index is 0.253. The summed E-state index contributed by atoms with van der Waals surface area (Å²) in [7, 11) is 0. The highest BCUT2D eigenvalue weighted by Crippen LogP contribution is 2.30. The zero-order valence-electron chi connectivity index (χ0n) is 11.4. The number of hydrogen-bond donors (Lipinski definition) is 1. The maximum absolute atomic E-state index is 5.85. The van der Waals surface area contributed by atoms with E-state index in [-0.39, 0.29) is 4.99 Å². The molecular weight excluding hydrogens is 338 g/mol. The highest BCUT2D eigenvalue weighted by molar-refractivity contribution is 9.10. The summed E-state index contributed by atoms with van der Waals surface area (Å²) in [5.74, 6) is 1.02. The Hall–Kier alpha value is -1.53. The summed E-state index contributed by atoms with van der Waals surface area (Å²) in [6, 6.07) is 5.77. The molecule has 0 saturated carbocycles. The lowest BCUT2D eigenvalue weighted by atomic mass is 10.1. The van der Waals surface area contributed by atoms with Crippen molar-refractivity contribution in [2.75, 3.05) is 0 Å². The first kappa shape index (κ1) is 14.9. The van der Waals surface area contributed by atoms with Gasteiger partial charge in [0.15, 0.2) is 0 Å². The molecule has 0 spiro atoms. The molecule has 6 heteroatoms. The molecule has 0 atom stereocenters. The number of rotatable bonds is 3. The predicted molar refractivity (Wildman–Crippen MR) is 86.3 cm³/mol. The van der Waals surface area contributed by atoms with Gasteiger partial charge in [0.25, 0.3) is 0 Å². The molecular formula is C14H14BrN3OS. The fraction of sp³-hybridized carbons (Fsp3) is 0.214. The van der Waals surface area contributed by atoms with E-state index in [1.807, 2.05) is 39.0 Å². The summed E-state index contributed by atoms with van der Waals surface area (Å²) in [6.07, 6.45) is 0. The van der Waals surface area contributed by atoms with Crippen LogP contribution < -0.4 is 10.5 Å². The molecule has 2 N–H and O–H groups in total. The standard InChI is InChI=1S/C14H14BrN3OS/c1-7-4-5-10(15)6-11(7)19-14-12(13(16)20)8(2)9(3)17-18-14/h4-6H,1-3H3,(H2,16,20). The highest BCUT2D eigenvalue weighted by Gasteiger charge is 2.16. The fourth-order valence-electron chi connectivity index (χ4n) is 1.74. The van der Waals surface area contributed by atoms with Gasteiger partial charge in [-0.1, -0.05) is 34.2 Å². The second kappa shape index (κ2) is 5.85. The quantitative estimate of drug-likeness (QED) is 0.856. The summed E-state index contributed by atoms with van der Waals surface area (Å²) in [5, 5.41) is 8.14. The smallest absolute Gasteiger partial charge is 0.249 e. The molecule has 2 aromatic rings. The third-order valence-electron chi connectivity index (χ3n) is 3.03. The van der Waals surface area contributed by atoms with Gasteiger partial charge in [-0.05, 0) is 44.0 Å². The summed E-state index contributed by atoms with van der Waals surface area (Å²) in [4.78, 5) is 0.253. The van der Waals surface area contributed by atoms with Crippen LogP contribution in [0.2, 0.25) is 0 Å². The number of hydrogen-bond acceptors (Lipinski definition) is 4. The molecule has 1 aromatic heterocycles. The molecule has 2 rings (SSSR count). The Bertz CT molecular complexity index is 688. The molecule has 1 heterocycles. The van der Waals surface area contributed by atoms with Gasteiger partial charge >= 0.3 is 0 Å². The van der Waals surface area contributed by atoms with Gasteiger partial charge in [0, 0.05) is 4.47 Å². The number of thiocarbonyl (C=S) groups is 1. The molecule has 4 nitrogen and oxygen atoms in total. The van der Waals surface area contributed by atoms with Crippen molar-refractivity contribution in [3.8, 4) is 11.6 Å². The second-order valence-electron chi connectivity index (χ2n) is 4.47. The van der Waals surface area contributed by atoms with Gasteiger partial charge in [-0.2, -0.15) is 5.10 Å². The summed E-state index contributed by atoms with van der Waals surface area (Å²) in [6.45, 7) is 5.72. The van der Waals surface area contributed by atoms with Crippen molar-refractivity contribution in [2.45, 2.75) is 20.8 Å². The molecule has 0 unspecified atom stereocenters. The minimum atomic E-state index is 0.253. The zero-order valence-corrected chi connectivity index (χ0v) is 13.8. The number of halogens is 1. The van der Waals surface area contributed by atoms with Crippen molar-refractivity contribution < 1.29 is 4.74 Å². The van der Waals surface area contributed by atoms with Gasteiger partial charge in [0.2, 0.25) is 5.88 Å². The van der Waals surface area contributed by atoms with Gasteiger partial charge < -0.3 is 10.5 Å². The van der Waals surface area contributed by atoms with Crippen molar-refractivity contribution in [3.05, 3.63) is 45.1 Å². The zero-order chi connectivity index (χ0) is 14.9. The van der Waals surface area contributed by atoms with Crippen LogP contribution in [0.5, 0.6) is 11.6 Å². The van der Waals surface area contributed by atoms with E-state index < -0.39 is 0 Å². The van der Waals surface area contributed by atoms with E-state index in [0.29, 0.717) is 17.2 Å². The average Bonchev–Trinajstić information content (AvgIpc) is 2.38. The molecule has 1 aromatic carbocycles. The van der Waals surface area contributed by atoms with E-state index in [4.69, 9.17) is 22.7 Å². The lowest BCUT2D eigenvalue weighted by Crippen LogP contribution is -2.15. The normalized spacial score (nSPS) is 10.4. The lowest BCUT2D eigenvalue weighted by molar-refractivity contribution is 0.449. The second-order valence-corrected chi connectivity index (χ2v) is 5.82. The molecule has 20 heavy (non-hydrogen) atoms. The molecule has 0 aliphatic carbocycles. The Kier molecular flexibility index (Phi) is 4.35. The van der Waals surface area contributed by atoms with Crippen molar-refractivity contribution in [1.29, 1.82) is 0 Å². The first-order valence-electron chi connectivity index (χ1n) is 5.98. The summed E-state index contributed by atoms with van der Waals surface area (Å²) >= 11 is 8.51. The topological polar surface area (TPSA) is 61.0 Å². The highest BCUT2D eigenvalue weighted by atomic mass is 79.9. The Morgan fingerprint density at radius 2 is 1.95 bits per heavy atom. The van der Waals surface area contributed by atoms with Crippen LogP contribution in [0, 0.1) is 20.8 Å². The van der Waals surface area contributed by atoms with Gasteiger partial charge in [0.05, 0.1) is 11.3 Å². The van der Waals surface area contributed by atoms with Crippen LogP contribution in [-0.2, 0) is 0 Å². The predicted octanol–water partition coefficient (Wildman–Crippen LogP) is 3.59. The van der Waals surface area contributed by atoms with E-state index in [0.717, 1.165) is 21.3 Å². The average molecular weight is 352 g/mol. The summed E-state index contributed by atoms with van der Waals surface area (Å²) in [5.41, 5.74) is 9.07. The number of aryl methyl sites for hydroxylation is 2. The van der Waals surface area contributed by atoms with Crippen molar-refractivity contribution in [1.82, 2.24) is 10.2 Å². The molecule has 0 amide bonds. The van der Waals surface area contributed by atoms with E-state index >= 15 is 0 Å². The van der Waals surface area contributed by atoms with E-state index in [2.05, 4.69) is 26.1 Å². The molecule has 0 bridgehead atoms. The number of benzene rings is 1. The Morgan fingerprint density at radius 3 is 2.60 bits per heavy atom. The third kappa shape index (κ3) is 2.96. The van der Waals surface area contributed by atoms with Crippen molar-refractivity contribution in [3.63, 3.8) is 0 Å². The van der Waals surface area contributed by atoms with Crippen LogP contribution in [-0.4, -0.2) is 15.2 Å². The molecule has 0 radical (unpaired) electrons. The van der Waals surface area contributed by atoms with E-state index in [1.165, 1.54) is 0 Å². The van der Waals surface area contributed by atoms with Crippen LogP contribution in [0.1, 0.15) is 22.4 Å². The van der Waals surface area contributed by atoms with E-state index in [9.17, 15) is 0 Å².